The molecule has 5 nitrogen and oxygen atoms in total. The molecule has 0 saturated heterocycles. The number of rotatable bonds is 3. The molecule has 0 fully saturated rings. The van der Waals surface area contributed by atoms with E-state index in [0.29, 0.717) is 17.6 Å². The predicted octanol–water partition coefficient (Wildman–Crippen LogP) is 3.20. The second-order valence-electron chi connectivity index (χ2n) is 5.31. The lowest BCUT2D eigenvalue weighted by Crippen LogP contribution is -2.20. The van der Waals surface area contributed by atoms with Crippen LogP contribution in [0.3, 0.4) is 0 Å². The second-order valence-corrected chi connectivity index (χ2v) is 5.31. The fourth-order valence-electron chi connectivity index (χ4n) is 2.70. The monoisotopic (exact) mass is 306 g/mol. The number of para-hydroxylation sites is 1. The number of hydrogen-bond acceptors (Lipinski definition) is 4. The van der Waals surface area contributed by atoms with Crippen molar-refractivity contribution in [2.75, 3.05) is 7.11 Å². The van der Waals surface area contributed by atoms with E-state index in [2.05, 4.69) is 4.98 Å². The summed E-state index contributed by atoms with van der Waals surface area (Å²) in [5, 5.41) is 0.855. The fraction of sp³-hybridized carbons (Fsp3) is 0.111. The van der Waals surface area contributed by atoms with E-state index in [9.17, 15) is 4.79 Å². The highest BCUT2D eigenvalue weighted by molar-refractivity contribution is 6.01. The predicted molar refractivity (Wildman–Crippen MR) is 87.9 cm³/mol. The zero-order valence-electron chi connectivity index (χ0n) is 12.5. The standard InChI is InChI=1S/C18H14N2O3/c1-22-13-6-4-5-12(9-13)10-20-11-19-16-14-7-2-3-8-15(14)23-17(16)18(20)21/h2-9,11H,10H2,1H3. The maximum atomic E-state index is 12.7. The Bertz CT molecular complexity index is 1060. The first-order valence-electron chi connectivity index (χ1n) is 7.26. The summed E-state index contributed by atoms with van der Waals surface area (Å²) < 4.78 is 12.4. The lowest BCUT2D eigenvalue weighted by atomic mass is 10.2. The topological polar surface area (TPSA) is 57.3 Å². The van der Waals surface area contributed by atoms with Gasteiger partial charge in [0.2, 0.25) is 5.58 Å². The quantitative estimate of drug-likeness (QED) is 0.583. The lowest BCUT2D eigenvalue weighted by molar-refractivity contribution is 0.414. The molecule has 23 heavy (non-hydrogen) atoms. The molecule has 0 amide bonds. The van der Waals surface area contributed by atoms with Gasteiger partial charge in [-0.25, -0.2) is 4.98 Å². The highest BCUT2D eigenvalue weighted by Gasteiger charge is 2.13. The summed E-state index contributed by atoms with van der Waals surface area (Å²) in [5.74, 6) is 0.758. The van der Waals surface area contributed by atoms with Crippen molar-refractivity contribution in [3.05, 3.63) is 70.8 Å². The largest absolute Gasteiger partial charge is 0.497 e. The van der Waals surface area contributed by atoms with Crippen molar-refractivity contribution in [2.45, 2.75) is 6.54 Å². The molecule has 5 heteroatoms. The highest BCUT2D eigenvalue weighted by atomic mass is 16.5. The van der Waals surface area contributed by atoms with Crippen LogP contribution in [0.5, 0.6) is 5.75 Å². The van der Waals surface area contributed by atoms with Crippen LogP contribution in [-0.4, -0.2) is 16.7 Å². The summed E-state index contributed by atoms with van der Waals surface area (Å²) >= 11 is 0. The first kappa shape index (κ1) is 13.6. The first-order valence-corrected chi connectivity index (χ1v) is 7.26. The Morgan fingerprint density at radius 3 is 2.91 bits per heavy atom. The molecule has 4 rings (SSSR count). The Balaban J connectivity index is 1.83. The molecule has 0 saturated carbocycles. The average Bonchev–Trinajstić information content (AvgIpc) is 2.97. The van der Waals surface area contributed by atoms with Crippen molar-refractivity contribution in [3.8, 4) is 5.75 Å². The molecule has 0 aliphatic carbocycles. The van der Waals surface area contributed by atoms with Gasteiger partial charge < -0.3 is 9.15 Å². The van der Waals surface area contributed by atoms with Gasteiger partial charge in [-0.15, -0.1) is 0 Å². The number of fused-ring (bicyclic) bond motifs is 3. The van der Waals surface area contributed by atoms with Crippen LogP contribution < -0.4 is 10.3 Å². The van der Waals surface area contributed by atoms with E-state index < -0.39 is 0 Å². The van der Waals surface area contributed by atoms with Gasteiger partial charge in [-0.2, -0.15) is 0 Å². The number of aromatic nitrogens is 2. The molecule has 0 atom stereocenters. The van der Waals surface area contributed by atoms with Gasteiger partial charge in [0, 0.05) is 5.39 Å². The van der Waals surface area contributed by atoms with Gasteiger partial charge in [0.25, 0.3) is 5.56 Å². The summed E-state index contributed by atoms with van der Waals surface area (Å²) in [6, 6.07) is 15.1. The molecule has 2 aromatic carbocycles. The van der Waals surface area contributed by atoms with Crippen molar-refractivity contribution >= 4 is 22.1 Å². The van der Waals surface area contributed by atoms with E-state index in [1.54, 1.807) is 18.0 Å². The lowest BCUT2D eigenvalue weighted by Gasteiger charge is -2.06. The van der Waals surface area contributed by atoms with Crippen molar-refractivity contribution in [2.24, 2.45) is 0 Å². The molecule has 0 aliphatic rings. The third-order valence-electron chi connectivity index (χ3n) is 3.84. The Morgan fingerprint density at radius 2 is 2.04 bits per heavy atom. The summed E-state index contributed by atoms with van der Waals surface area (Å²) in [4.78, 5) is 17.1. The van der Waals surface area contributed by atoms with E-state index in [1.165, 1.54) is 0 Å². The van der Waals surface area contributed by atoms with Gasteiger partial charge in [-0.3, -0.25) is 9.36 Å². The first-order chi connectivity index (χ1) is 11.3. The number of benzene rings is 2. The smallest absolute Gasteiger partial charge is 0.297 e. The fourth-order valence-corrected chi connectivity index (χ4v) is 2.70. The molecule has 2 aromatic heterocycles. The van der Waals surface area contributed by atoms with Crippen LogP contribution in [0.4, 0.5) is 0 Å². The van der Waals surface area contributed by atoms with Crippen LogP contribution in [0.2, 0.25) is 0 Å². The molecule has 0 N–H and O–H groups in total. The molecule has 0 radical (unpaired) electrons. The van der Waals surface area contributed by atoms with Gasteiger partial charge in [-0.05, 0) is 29.8 Å². The van der Waals surface area contributed by atoms with Gasteiger partial charge in [0.05, 0.1) is 20.0 Å². The SMILES string of the molecule is COc1cccc(Cn2cnc3c(oc4ccccc43)c2=O)c1. The minimum absolute atomic E-state index is 0.186. The molecular formula is C18H14N2O3. The third kappa shape index (κ3) is 2.26. The molecule has 0 bridgehead atoms. The molecule has 0 aliphatic heterocycles. The van der Waals surface area contributed by atoms with E-state index in [1.807, 2.05) is 48.5 Å². The zero-order chi connectivity index (χ0) is 15.8. The number of furan rings is 1. The average molecular weight is 306 g/mol. The Labute approximate surface area is 131 Å². The molecule has 0 spiro atoms. The maximum absolute atomic E-state index is 12.7. The van der Waals surface area contributed by atoms with E-state index in [-0.39, 0.29) is 11.1 Å². The van der Waals surface area contributed by atoms with E-state index >= 15 is 0 Å². The third-order valence-corrected chi connectivity index (χ3v) is 3.84. The molecular weight excluding hydrogens is 292 g/mol. The van der Waals surface area contributed by atoms with Crippen LogP contribution in [0.15, 0.2) is 64.1 Å². The molecule has 0 unspecified atom stereocenters. The van der Waals surface area contributed by atoms with Crippen molar-refractivity contribution in [1.29, 1.82) is 0 Å². The minimum Gasteiger partial charge on any atom is -0.497 e. The normalized spacial score (nSPS) is 11.2. The van der Waals surface area contributed by atoms with Crippen LogP contribution in [0, 0.1) is 0 Å². The summed E-state index contributed by atoms with van der Waals surface area (Å²) in [6.07, 6.45) is 1.56. The van der Waals surface area contributed by atoms with E-state index in [4.69, 9.17) is 9.15 Å². The van der Waals surface area contributed by atoms with Gasteiger partial charge in [-0.1, -0.05) is 24.3 Å². The Hall–Kier alpha value is -3.08. The van der Waals surface area contributed by atoms with Gasteiger partial charge in [0.15, 0.2) is 0 Å². The number of nitrogens with zero attached hydrogens (tertiary/aromatic N) is 2. The van der Waals surface area contributed by atoms with Gasteiger partial charge >= 0.3 is 0 Å². The summed E-state index contributed by atoms with van der Waals surface area (Å²) in [6.45, 7) is 0.413. The number of ether oxygens (including phenoxy) is 1. The van der Waals surface area contributed by atoms with Crippen LogP contribution in [0.1, 0.15) is 5.56 Å². The Morgan fingerprint density at radius 1 is 1.17 bits per heavy atom. The number of methoxy groups -OCH3 is 1. The van der Waals surface area contributed by atoms with E-state index in [0.717, 1.165) is 16.7 Å². The van der Waals surface area contributed by atoms with Crippen LogP contribution in [0.25, 0.3) is 22.1 Å². The zero-order valence-corrected chi connectivity index (χ0v) is 12.5. The molecule has 2 heterocycles. The van der Waals surface area contributed by atoms with Crippen molar-refractivity contribution < 1.29 is 9.15 Å². The Kier molecular flexibility index (Phi) is 3.12. The maximum Gasteiger partial charge on any atom is 0.297 e. The van der Waals surface area contributed by atoms with Crippen LogP contribution >= 0.6 is 0 Å². The number of hydrogen-bond donors (Lipinski definition) is 0. The summed E-state index contributed by atoms with van der Waals surface area (Å²) in [7, 11) is 1.62. The minimum atomic E-state index is -0.186. The van der Waals surface area contributed by atoms with Gasteiger partial charge in [0.1, 0.15) is 16.8 Å². The van der Waals surface area contributed by atoms with Crippen molar-refractivity contribution in [3.63, 3.8) is 0 Å². The van der Waals surface area contributed by atoms with Crippen LogP contribution in [-0.2, 0) is 6.54 Å². The molecule has 114 valence electrons. The van der Waals surface area contributed by atoms with Crippen molar-refractivity contribution in [1.82, 2.24) is 9.55 Å². The summed E-state index contributed by atoms with van der Waals surface area (Å²) in [5.41, 5.74) is 2.34. The second kappa shape index (κ2) is 5.28. The molecule has 4 aromatic rings. The highest BCUT2D eigenvalue weighted by Crippen LogP contribution is 2.24.